The number of aryl methyl sites for hydroxylation is 1. The Bertz CT molecular complexity index is 531. The van der Waals surface area contributed by atoms with Gasteiger partial charge in [0, 0.05) is 24.3 Å². The van der Waals surface area contributed by atoms with Gasteiger partial charge in [-0.05, 0) is 31.5 Å². The van der Waals surface area contributed by atoms with Crippen LogP contribution in [0.15, 0.2) is 24.5 Å². The number of imidazole rings is 1. The van der Waals surface area contributed by atoms with Crippen LogP contribution in [0.5, 0.6) is 0 Å². The van der Waals surface area contributed by atoms with Crippen LogP contribution >= 0.6 is 0 Å². The predicted octanol–water partition coefficient (Wildman–Crippen LogP) is 2.15. The van der Waals surface area contributed by atoms with E-state index in [1.54, 1.807) is 12.4 Å². The molecule has 1 aromatic carbocycles. The first-order valence-corrected chi connectivity index (χ1v) is 5.57. The second-order valence-corrected chi connectivity index (χ2v) is 4.17. The average Bonchev–Trinajstić information content (AvgIpc) is 2.63. The van der Waals surface area contributed by atoms with E-state index in [1.165, 1.54) is 6.07 Å². The molecule has 0 saturated heterocycles. The fourth-order valence-corrected chi connectivity index (χ4v) is 1.78. The summed E-state index contributed by atoms with van der Waals surface area (Å²) in [7, 11) is 0. The summed E-state index contributed by atoms with van der Waals surface area (Å²) in [4.78, 5) is 4.24. The molecule has 0 aliphatic carbocycles. The van der Waals surface area contributed by atoms with Gasteiger partial charge in [0.1, 0.15) is 5.82 Å². The molecule has 0 bridgehead atoms. The molecule has 4 heteroatoms. The molecule has 0 amide bonds. The first-order valence-electron chi connectivity index (χ1n) is 5.57. The van der Waals surface area contributed by atoms with Gasteiger partial charge in [-0.1, -0.05) is 6.07 Å². The van der Waals surface area contributed by atoms with E-state index < -0.39 is 0 Å². The van der Waals surface area contributed by atoms with Crippen LogP contribution < -0.4 is 5.73 Å². The van der Waals surface area contributed by atoms with Crippen LogP contribution in [0.4, 0.5) is 4.39 Å². The number of hydrogen-bond acceptors (Lipinski definition) is 2. The fraction of sp³-hybridized carbons (Fsp3) is 0.308. The molecule has 0 atom stereocenters. The fourth-order valence-electron chi connectivity index (χ4n) is 1.78. The van der Waals surface area contributed by atoms with Gasteiger partial charge in [-0.25, -0.2) is 9.37 Å². The van der Waals surface area contributed by atoms with Crippen molar-refractivity contribution in [3.05, 3.63) is 52.9 Å². The Kier molecular flexibility index (Phi) is 3.24. The van der Waals surface area contributed by atoms with Gasteiger partial charge >= 0.3 is 0 Å². The van der Waals surface area contributed by atoms with Crippen LogP contribution in [-0.2, 0) is 13.1 Å². The van der Waals surface area contributed by atoms with E-state index in [0.29, 0.717) is 12.1 Å². The number of rotatable bonds is 3. The van der Waals surface area contributed by atoms with Crippen molar-refractivity contribution in [3.63, 3.8) is 0 Å². The number of aromatic nitrogens is 2. The minimum absolute atomic E-state index is 0.224. The Hall–Kier alpha value is -1.68. The Morgan fingerprint density at radius 2 is 2.12 bits per heavy atom. The molecule has 17 heavy (non-hydrogen) atoms. The maximum atomic E-state index is 13.3. The molecule has 2 rings (SSSR count). The van der Waals surface area contributed by atoms with E-state index in [-0.39, 0.29) is 12.4 Å². The number of nitrogens with two attached hydrogens (primary N) is 1. The van der Waals surface area contributed by atoms with Crippen molar-refractivity contribution in [1.29, 1.82) is 0 Å². The molecule has 0 radical (unpaired) electrons. The molecule has 0 unspecified atom stereocenters. The van der Waals surface area contributed by atoms with Gasteiger partial charge in [0.2, 0.25) is 0 Å². The largest absolute Gasteiger partial charge is 0.330 e. The summed E-state index contributed by atoms with van der Waals surface area (Å²) in [6.07, 6.45) is 1.80. The van der Waals surface area contributed by atoms with Crippen molar-refractivity contribution < 1.29 is 4.39 Å². The summed E-state index contributed by atoms with van der Waals surface area (Å²) in [6, 6.07) is 5.06. The highest BCUT2D eigenvalue weighted by Gasteiger charge is 2.05. The van der Waals surface area contributed by atoms with Gasteiger partial charge in [-0.2, -0.15) is 0 Å². The van der Waals surface area contributed by atoms with E-state index in [2.05, 4.69) is 4.98 Å². The second-order valence-electron chi connectivity index (χ2n) is 4.17. The molecule has 0 fully saturated rings. The first-order chi connectivity index (χ1) is 8.11. The molecule has 3 nitrogen and oxygen atoms in total. The van der Waals surface area contributed by atoms with Crippen LogP contribution in [0.2, 0.25) is 0 Å². The zero-order valence-corrected chi connectivity index (χ0v) is 10.1. The number of halogens is 1. The topological polar surface area (TPSA) is 43.8 Å². The maximum Gasteiger partial charge on any atom is 0.127 e. The maximum absolute atomic E-state index is 13.3. The van der Waals surface area contributed by atoms with Crippen LogP contribution in [0.25, 0.3) is 0 Å². The summed E-state index contributed by atoms with van der Waals surface area (Å²) < 4.78 is 15.3. The molecular weight excluding hydrogens is 217 g/mol. The van der Waals surface area contributed by atoms with E-state index in [1.807, 2.05) is 24.5 Å². The molecule has 2 N–H and O–H groups in total. The van der Waals surface area contributed by atoms with Crippen molar-refractivity contribution in [1.82, 2.24) is 9.55 Å². The zero-order chi connectivity index (χ0) is 12.4. The molecule has 1 heterocycles. The lowest BCUT2D eigenvalue weighted by molar-refractivity contribution is 0.608. The first kappa shape index (κ1) is 11.8. The van der Waals surface area contributed by atoms with Crippen LogP contribution in [0.3, 0.4) is 0 Å². The molecule has 0 spiro atoms. The van der Waals surface area contributed by atoms with Gasteiger partial charge in [0.05, 0.1) is 12.0 Å². The Balaban J connectivity index is 2.27. The van der Waals surface area contributed by atoms with Gasteiger partial charge in [0.25, 0.3) is 0 Å². The lowest BCUT2D eigenvalue weighted by Crippen LogP contribution is -2.04. The standard InChI is InChI=1S/C13H16FN3/c1-9-10(2)17(8-16-9)7-11-3-4-13(14)12(5-11)6-15/h3-5,8H,6-7,15H2,1-2H3. The summed E-state index contributed by atoms with van der Waals surface area (Å²) >= 11 is 0. The van der Waals surface area contributed by atoms with E-state index in [0.717, 1.165) is 17.0 Å². The molecule has 0 aliphatic heterocycles. The molecule has 1 aromatic heterocycles. The summed E-state index contributed by atoms with van der Waals surface area (Å²) in [6.45, 7) is 4.92. The zero-order valence-electron chi connectivity index (χ0n) is 10.1. The quantitative estimate of drug-likeness (QED) is 0.882. The van der Waals surface area contributed by atoms with Crippen molar-refractivity contribution in [2.75, 3.05) is 0 Å². The minimum Gasteiger partial charge on any atom is -0.330 e. The van der Waals surface area contributed by atoms with Crippen molar-refractivity contribution in [2.45, 2.75) is 26.9 Å². The second kappa shape index (κ2) is 4.67. The molecule has 0 aliphatic rings. The highest BCUT2D eigenvalue weighted by Crippen LogP contribution is 2.13. The average molecular weight is 233 g/mol. The summed E-state index contributed by atoms with van der Waals surface area (Å²) in [5.74, 6) is -0.241. The van der Waals surface area contributed by atoms with Gasteiger partial charge in [0.15, 0.2) is 0 Å². The van der Waals surface area contributed by atoms with Crippen LogP contribution in [-0.4, -0.2) is 9.55 Å². The third-order valence-corrected chi connectivity index (χ3v) is 3.03. The van der Waals surface area contributed by atoms with Crippen molar-refractivity contribution >= 4 is 0 Å². The molecule has 90 valence electrons. The normalized spacial score (nSPS) is 10.8. The third-order valence-electron chi connectivity index (χ3n) is 3.03. The highest BCUT2D eigenvalue weighted by molar-refractivity contribution is 5.26. The summed E-state index contributed by atoms with van der Waals surface area (Å²) in [5, 5.41) is 0. The van der Waals surface area contributed by atoms with Crippen molar-refractivity contribution in [2.24, 2.45) is 5.73 Å². The Morgan fingerprint density at radius 3 is 2.71 bits per heavy atom. The third kappa shape index (κ3) is 2.36. The lowest BCUT2D eigenvalue weighted by atomic mass is 10.1. The number of hydrogen-bond donors (Lipinski definition) is 1. The van der Waals surface area contributed by atoms with E-state index in [4.69, 9.17) is 5.73 Å². The van der Waals surface area contributed by atoms with Gasteiger partial charge in [-0.15, -0.1) is 0 Å². The predicted molar refractivity (Wildman–Crippen MR) is 65.1 cm³/mol. The highest BCUT2D eigenvalue weighted by atomic mass is 19.1. The van der Waals surface area contributed by atoms with E-state index >= 15 is 0 Å². The minimum atomic E-state index is -0.241. The number of nitrogens with zero attached hydrogens (tertiary/aromatic N) is 2. The lowest BCUT2D eigenvalue weighted by Gasteiger charge is -2.08. The number of benzene rings is 1. The summed E-state index contributed by atoms with van der Waals surface area (Å²) in [5.41, 5.74) is 9.22. The van der Waals surface area contributed by atoms with Crippen molar-refractivity contribution in [3.8, 4) is 0 Å². The van der Waals surface area contributed by atoms with E-state index in [9.17, 15) is 4.39 Å². The monoisotopic (exact) mass is 233 g/mol. The SMILES string of the molecule is Cc1ncn(Cc2ccc(F)c(CN)c2)c1C. The Labute approximate surface area is 100 Å². The molecule has 2 aromatic rings. The van der Waals surface area contributed by atoms with Crippen LogP contribution in [0, 0.1) is 19.7 Å². The van der Waals surface area contributed by atoms with Gasteiger partial charge in [-0.3, -0.25) is 0 Å². The van der Waals surface area contributed by atoms with Gasteiger partial charge < -0.3 is 10.3 Å². The Morgan fingerprint density at radius 1 is 1.35 bits per heavy atom. The molecule has 0 saturated carbocycles. The smallest absolute Gasteiger partial charge is 0.127 e. The molecular formula is C13H16FN3. The van der Waals surface area contributed by atoms with Crippen LogP contribution in [0.1, 0.15) is 22.5 Å².